The van der Waals surface area contributed by atoms with Crippen molar-refractivity contribution >= 4 is 38.4 Å². The highest BCUT2D eigenvalue weighted by Crippen LogP contribution is 2.26. The Morgan fingerprint density at radius 2 is 2.08 bits per heavy atom. The summed E-state index contributed by atoms with van der Waals surface area (Å²) in [6.45, 7) is 0.487. The van der Waals surface area contributed by atoms with E-state index in [1.807, 2.05) is 24.3 Å². The summed E-state index contributed by atoms with van der Waals surface area (Å²) in [6, 6.07) is 14.1. The lowest BCUT2D eigenvalue weighted by Gasteiger charge is -2.01. The van der Waals surface area contributed by atoms with Crippen molar-refractivity contribution < 1.29 is 9.18 Å². The number of imidazole rings is 1. The number of amides is 1. The molecule has 1 amide bonds. The quantitative estimate of drug-likeness (QED) is 0.593. The lowest BCUT2D eigenvalue weighted by atomic mass is 10.2. The first-order valence-electron chi connectivity index (χ1n) is 7.60. The molecular formula is C18H14FN3OS. The molecule has 0 saturated carbocycles. The predicted octanol–water partition coefficient (Wildman–Crippen LogP) is 3.89. The zero-order valence-electron chi connectivity index (χ0n) is 12.7. The molecule has 2 aromatic carbocycles. The van der Waals surface area contributed by atoms with Crippen LogP contribution in [0.1, 0.15) is 15.5 Å². The van der Waals surface area contributed by atoms with Crippen LogP contribution in [0, 0.1) is 5.82 Å². The van der Waals surface area contributed by atoms with Gasteiger partial charge < -0.3 is 10.3 Å². The molecule has 0 bridgehead atoms. The van der Waals surface area contributed by atoms with E-state index < -0.39 is 0 Å². The number of para-hydroxylation sites is 2. The second kappa shape index (κ2) is 6.05. The number of halogens is 1. The fourth-order valence-corrected chi connectivity index (χ4v) is 3.63. The molecule has 120 valence electrons. The number of aromatic nitrogens is 2. The molecule has 0 radical (unpaired) electrons. The molecule has 24 heavy (non-hydrogen) atoms. The maximum Gasteiger partial charge on any atom is 0.261 e. The van der Waals surface area contributed by atoms with E-state index in [0.717, 1.165) is 26.9 Å². The van der Waals surface area contributed by atoms with E-state index in [1.165, 1.54) is 23.5 Å². The second-order valence-electron chi connectivity index (χ2n) is 5.50. The van der Waals surface area contributed by atoms with Gasteiger partial charge in [0.2, 0.25) is 0 Å². The number of rotatable bonds is 4. The Morgan fingerprint density at radius 1 is 1.21 bits per heavy atom. The Hall–Kier alpha value is -2.73. The van der Waals surface area contributed by atoms with Gasteiger partial charge in [0, 0.05) is 17.7 Å². The molecule has 0 unspecified atom stereocenters. The molecule has 0 saturated heterocycles. The number of nitrogens with one attached hydrogen (secondary N) is 2. The summed E-state index contributed by atoms with van der Waals surface area (Å²) in [4.78, 5) is 20.5. The Balaban J connectivity index is 1.41. The fourth-order valence-electron chi connectivity index (χ4n) is 2.62. The largest absolute Gasteiger partial charge is 0.351 e. The van der Waals surface area contributed by atoms with E-state index in [0.29, 0.717) is 17.8 Å². The number of nitrogens with zero attached hydrogens (tertiary/aromatic N) is 1. The van der Waals surface area contributed by atoms with E-state index in [-0.39, 0.29) is 11.7 Å². The van der Waals surface area contributed by atoms with Crippen LogP contribution in [-0.2, 0) is 6.42 Å². The predicted molar refractivity (Wildman–Crippen MR) is 93.9 cm³/mol. The zero-order valence-corrected chi connectivity index (χ0v) is 13.5. The van der Waals surface area contributed by atoms with Gasteiger partial charge >= 0.3 is 0 Å². The highest BCUT2D eigenvalue weighted by Gasteiger charge is 2.11. The molecule has 0 aliphatic heterocycles. The summed E-state index contributed by atoms with van der Waals surface area (Å²) >= 11 is 1.29. The van der Waals surface area contributed by atoms with Crippen molar-refractivity contribution in [1.82, 2.24) is 15.3 Å². The summed E-state index contributed by atoms with van der Waals surface area (Å²) in [6.07, 6.45) is 0.625. The first kappa shape index (κ1) is 14.8. The normalized spacial score (nSPS) is 11.2. The number of H-pyrrole nitrogens is 1. The Bertz CT molecular complexity index is 1000. The van der Waals surface area contributed by atoms with Crippen molar-refractivity contribution in [1.29, 1.82) is 0 Å². The van der Waals surface area contributed by atoms with Gasteiger partial charge in [-0.15, -0.1) is 11.3 Å². The van der Waals surface area contributed by atoms with E-state index in [9.17, 15) is 9.18 Å². The number of hydrogen-bond donors (Lipinski definition) is 2. The molecule has 2 N–H and O–H groups in total. The average molecular weight is 339 g/mol. The van der Waals surface area contributed by atoms with Gasteiger partial charge in [0.15, 0.2) is 0 Å². The number of fused-ring (bicyclic) bond motifs is 2. The third kappa shape index (κ3) is 2.88. The molecule has 0 aliphatic carbocycles. The third-order valence-electron chi connectivity index (χ3n) is 3.79. The van der Waals surface area contributed by atoms with E-state index in [1.54, 1.807) is 12.1 Å². The van der Waals surface area contributed by atoms with Crippen molar-refractivity contribution in [2.45, 2.75) is 6.42 Å². The number of carbonyl (C=O) groups excluding carboxylic acids is 1. The number of hydrogen-bond acceptors (Lipinski definition) is 3. The lowest BCUT2D eigenvalue weighted by molar-refractivity contribution is 0.0958. The maximum absolute atomic E-state index is 13.2. The van der Waals surface area contributed by atoms with E-state index >= 15 is 0 Å². The van der Waals surface area contributed by atoms with Gasteiger partial charge in [0.25, 0.3) is 5.91 Å². The van der Waals surface area contributed by atoms with Gasteiger partial charge in [-0.2, -0.15) is 0 Å². The van der Waals surface area contributed by atoms with Crippen molar-refractivity contribution in [3.63, 3.8) is 0 Å². The van der Waals surface area contributed by atoms with Crippen LogP contribution in [0.2, 0.25) is 0 Å². The Labute approximate surface area is 141 Å². The summed E-state index contributed by atoms with van der Waals surface area (Å²) in [5.41, 5.74) is 1.91. The number of aromatic amines is 1. The van der Waals surface area contributed by atoms with Gasteiger partial charge in [0.1, 0.15) is 11.6 Å². The van der Waals surface area contributed by atoms with Crippen LogP contribution in [0.4, 0.5) is 4.39 Å². The van der Waals surface area contributed by atoms with E-state index in [2.05, 4.69) is 15.3 Å². The number of carbonyl (C=O) groups is 1. The van der Waals surface area contributed by atoms with Crippen LogP contribution >= 0.6 is 11.3 Å². The molecule has 2 aromatic heterocycles. The molecular weight excluding hydrogens is 325 g/mol. The average Bonchev–Trinajstić information content (AvgIpc) is 3.17. The molecule has 6 heteroatoms. The van der Waals surface area contributed by atoms with Crippen molar-refractivity contribution in [2.75, 3.05) is 6.54 Å². The monoisotopic (exact) mass is 339 g/mol. The van der Waals surface area contributed by atoms with Crippen molar-refractivity contribution in [3.05, 3.63) is 65.0 Å². The minimum Gasteiger partial charge on any atom is -0.351 e. The van der Waals surface area contributed by atoms with Crippen LogP contribution < -0.4 is 5.32 Å². The maximum atomic E-state index is 13.2. The summed E-state index contributed by atoms with van der Waals surface area (Å²) in [5, 5.41) is 3.76. The van der Waals surface area contributed by atoms with Crippen LogP contribution in [0.25, 0.3) is 21.1 Å². The van der Waals surface area contributed by atoms with Crippen LogP contribution in [0.3, 0.4) is 0 Å². The Morgan fingerprint density at radius 3 is 2.96 bits per heavy atom. The van der Waals surface area contributed by atoms with Crippen LogP contribution in [0.15, 0.2) is 48.5 Å². The van der Waals surface area contributed by atoms with Gasteiger partial charge in [0.05, 0.1) is 15.9 Å². The van der Waals surface area contributed by atoms with Crippen molar-refractivity contribution in [3.8, 4) is 0 Å². The topological polar surface area (TPSA) is 57.8 Å². The van der Waals surface area contributed by atoms with Crippen LogP contribution in [-0.4, -0.2) is 22.4 Å². The molecule has 0 spiro atoms. The van der Waals surface area contributed by atoms with Gasteiger partial charge in [-0.05, 0) is 35.7 Å². The van der Waals surface area contributed by atoms with Gasteiger partial charge in [-0.25, -0.2) is 9.37 Å². The van der Waals surface area contributed by atoms with Crippen molar-refractivity contribution in [2.24, 2.45) is 0 Å². The minimum atomic E-state index is -0.291. The standard InChI is InChI=1S/C18H14FN3OS/c19-12-6-5-11-9-16(24-15(11)10-12)18(23)20-8-7-17-21-13-3-1-2-4-14(13)22-17/h1-6,9-10H,7-8H2,(H,20,23)(H,21,22). The molecule has 0 atom stereocenters. The smallest absolute Gasteiger partial charge is 0.261 e. The fraction of sp³-hybridized carbons (Fsp3) is 0.111. The van der Waals surface area contributed by atoms with Gasteiger partial charge in [-0.1, -0.05) is 18.2 Å². The molecule has 4 rings (SSSR count). The third-order valence-corrected chi connectivity index (χ3v) is 4.89. The summed E-state index contributed by atoms with van der Waals surface area (Å²) < 4.78 is 14.0. The van der Waals surface area contributed by atoms with Gasteiger partial charge in [-0.3, -0.25) is 4.79 Å². The highest BCUT2D eigenvalue weighted by molar-refractivity contribution is 7.20. The molecule has 0 aliphatic rings. The molecule has 4 aromatic rings. The minimum absolute atomic E-state index is 0.146. The molecule has 0 fully saturated rings. The number of thiophene rings is 1. The molecule has 2 heterocycles. The Kier molecular flexibility index (Phi) is 3.74. The first-order chi connectivity index (χ1) is 11.7. The summed E-state index contributed by atoms with van der Waals surface area (Å²) in [5.74, 6) is 0.406. The van der Waals surface area contributed by atoms with E-state index in [4.69, 9.17) is 0 Å². The highest BCUT2D eigenvalue weighted by atomic mass is 32.1. The first-order valence-corrected chi connectivity index (χ1v) is 8.41. The SMILES string of the molecule is O=C(NCCc1nc2ccccc2[nH]1)c1cc2ccc(F)cc2s1. The lowest BCUT2D eigenvalue weighted by Crippen LogP contribution is -2.25. The summed E-state index contributed by atoms with van der Waals surface area (Å²) in [7, 11) is 0. The number of benzene rings is 2. The molecule has 4 nitrogen and oxygen atoms in total. The second-order valence-corrected chi connectivity index (χ2v) is 6.58. The van der Waals surface area contributed by atoms with Crippen LogP contribution in [0.5, 0.6) is 0 Å². The zero-order chi connectivity index (χ0) is 16.5.